The predicted octanol–water partition coefficient (Wildman–Crippen LogP) is 0.549. The smallest absolute Gasteiger partial charge is 0.240 e. The number of nitrogens with one attached hydrogen (secondary N) is 1. The van der Waals surface area contributed by atoms with E-state index in [-0.39, 0.29) is 23.7 Å². The van der Waals surface area contributed by atoms with Gasteiger partial charge in [-0.15, -0.1) is 0 Å². The average Bonchev–Trinajstić information content (AvgIpc) is 2.27. The molecule has 0 radical (unpaired) electrons. The summed E-state index contributed by atoms with van der Waals surface area (Å²) < 4.78 is 38.9. The summed E-state index contributed by atoms with van der Waals surface area (Å²) in [5.41, 5.74) is 5.52. The Morgan fingerprint density at radius 1 is 1.56 bits per heavy atom. The van der Waals surface area contributed by atoms with Gasteiger partial charge < -0.3 is 10.9 Å². The number of sulfonamides is 1. The predicted molar refractivity (Wildman–Crippen MR) is 64.4 cm³/mol. The van der Waals surface area contributed by atoms with Crippen molar-refractivity contribution in [2.24, 2.45) is 10.9 Å². The standard InChI is InChI=1S/C10H14FN3O3S/c1-7-6-8(11)2-3-9(7)18(16,17)13-5-4-10(12)14-15/h2-3,6,13,15H,4-5H2,1H3,(H2,12,14). The molecule has 4 N–H and O–H groups in total. The van der Waals surface area contributed by atoms with Crippen LogP contribution in [-0.2, 0) is 10.0 Å². The van der Waals surface area contributed by atoms with E-state index in [1.54, 1.807) is 0 Å². The molecule has 0 atom stereocenters. The average molecular weight is 275 g/mol. The maximum absolute atomic E-state index is 12.9. The number of oxime groups is 1. The van der Waals surface area contributed by atoms with Gasteiger partial charge in [-0.25, -0.2) is 17.5 Å². The van der Waals surface area contributed by atoms with E-state index in [2.05, 4.69) is 9.88 Å². The summed E-state index contributed by atoms with van der Waals surface area (Å²) in [7, 11) is -3.72. The maximum Gasteiger partial charge on any atom is 0.240 e. The number of benzene rings is 1. The molecule has 6 nitrogen and oxygen atoms in total. The number of halogens is 1. The van der Waals surface area contributed by atoms with Crippen molar-refractivity contribution >= 4 is 15.9 Å². The summed E-state index contributed by atoms with van der Waals surface area (Å²) in [6.45, 7) is 1.50. The van der Waals surface area contributed by atoms with Crippen LogP contribution in [0.2, 0.25) is 0 Å². The fourth-order valence-electron chi connectivity index (χ4n) is 1.36. The van der Waals surface area contributed by atoms with Crippen molar-refractivity contribution in [3.8, 4) is 0 Å². The quantitative estimate of drug-likeness (QED) is 0.316. The molecule has 0 saturated carbocycles. The summed E-state index contributed by atoms with van der Waals surface area (Å²) in [5, 5.41) is 11.0. The van der Waals surface area contributed by atoms with Crippen LogP contribution in [0, 0.1) is 12.7 Å². The zero-order chi connectivity index (χ0) is 13.8. The highest BCUT2D eigenvalue weighted by atomic mass is 32.2. The highest BCUT2D eigenvalue weighted by molar-refractivity contribution is 7.89. The number of nitrogens with zero attached hydrogens (tertiary/aromatic N) is 1. The Morgan fingerprint density at radius 2 is 2.22 bits per heavy atom. The van der Waals surface area contributed by atoms with E-state index in [1.807, 2.05) is 0 Å². The molecule has 100 valence electrons. The summed E-state index contributed by atoms with van der Waals surface area (Å²) in [4.78, 5) is 0.00316. The van der Waals surface area contributed by atoms with Gasteiger partial charge in [0.15, 0.2) is 0 Å². The minimum atomic E-state index is -3.72. The molecule has 1 rings (SSSR count). The van der Waals surface area contributed by atoms with Crippen LogP contribution in [0.3, 0.4) is 0 Å². The molecule has 0 saturated heterocycles. The van der Waals surface area contributed by atoms with Crippen molar-refractivity contribution in [3.05, 3.63) is 29.6 Å². The van der Waals surface area contributed by atoms with Gasteiger partial charge in [0.05, 0.1) is 4.90 Å². The van der Waals surface area contributed by atoms with E-state index in [0.717, 1.165) is 12.1 Å². The van der Waals surface area contributed by atoms with E-state index >= 15 is 0 Å². The van der Waals surface area contributed by atoms with Gasteiger partial charge in [-0.1, -0.05) is 5.16 Å². The molecule has 0 aliphatic rings. The summed E-state index contributed by atoms with van der Waals surface area (Å²) in [6.07, 6.45) is 0.0793. The lowest BCUT2D eigenvalue weighted by Crippen LogP contribution is -2.28. The van der Waals surface area contributed by atoms with Gasteiger partial charge in [0.1, 0.15) is 11.7 Å². The van der Waals surface area contributed by atoms with Crippen LogP contribution in [-0.4, -0.2) is 26.0 Å². The van der Waals surface area contributed by atoms with Crippen LogP contribution in [0.5, 0.6) is 0 Å². The van der Waals surface area contributed by atoms with Crippen molar-refractivity contribution in [2.75, 3.05) is 6.54 Å². The molecular weight excluding hydrogens is 261 g/mol. The lowest BCUT2D eigenvalue weighted by atomic mass is 10.2. The number of rotatable bonds is 5. The number of aryl methyl sites for hydroxylation is 1. The zero-order valence-electron chi connectivity index (χ0n) is 9.72. The van der Waals surface area contributed by atoms with Gasteiger partial charge in [0.2, 0.25) is 10.0 Å². The molecular formula is C10H14FN3O3S. The van der Waals surface area contributed by atoms with E-state index in [4.69, 9.17) is 10.9 Å². The van der Waals surface area contributed by atoms with Gasteiger partial charge in [-0.3, -0.25) is 0 Å². The van der Waals surface area contributed by atoms with E-state index in [9.17, 15) is 12.8 Å². The highest BCUT2D eigenvalue weighted by Gasteiger charge is 2.16. The molecule has 0 aromatic heterocycles. The van der Waals surface area contributed by atoms with Crippen molar-refractivity contribution < 1.29 is 18.0 Å². The molecule has 8 heteroatoms. The number of hydrogen-bond acceptors (Lipinski definition) is 4. The van der Waals surface area contributed by atoms with Crippen LogP contribution < -0.4 is 10.5 Å². The largest absolute Gasteiger partial charge is 0.409 e. The molecule has 1 aromatic carbocycles. The molecule has 0 spiro atoms. The van der Waals surface area contributed by atoms with Crippen molar-refractivity contribution in [3.63, 3.8) is 0 Å². The Balaban J connectivity index is 2.81. The first-order valence-electron chi connectivity index (χ1n) is 5.09. The Labute approximate surface area is 104 Å². The van der Waals surface area contributed by atoms with Crippen LogP contribution in [0.1, 0.15) is 12.0 Å². The second kappa shape index (κ2) is 5.78. The Bertz CT molecular complexity index is 557. The Morgan fingerprint density at radius 3 is 2.78 bits per heavy atom. The lowest BCUT2D eigenvalue weighted by molar-refractivity contribution is 0.317. The SMILES string of the molecule is Cc1cc(F)ccc1S(=O)(=O)NCCC(N)=NO. The van der Waals surface area contributed by atoms with Crippen molar-refractivity contribution in [2.45, 2.75) is 18.2 Å². The number of nitrogens with two attached hydrogens (primary N) is 1. The number of amidine groups is 1. The normalized spacial score (nSPS) is 12.7. The topological polar surface area (TPSA) is 105 Å². The highest BCUT2D eigenvalue weighted by Crippen LogP contribution is 2.15. The third-order valence-electron chi connectivity index (χ3n) is 2.23. The van der Waals surface area contributed by atoms with Crippen LogP contribution in [0.4, 0.5) is 4.39 Å². The fraction of sp³-hybridized carbons (Fsp3) is 0.300. The van der Waals surface area contributed by atoms with E-state index < -0.39 is 15.8 Å². The van der Waals surface area contributed by atoms with Gasteiger partial charge >= 0.3 is 0 Å². The first-order chi connectivity index (χ1) is 8.36. The minimum Gasteiger partial charge on any atom is -0.409 e. The molecule has 0 aliphatic heterocycles. The fourth-order valence-corrected chi connectivity index (χ4v) is 2.61. The zero-order valence-corrected chi connectivity index (χ0v) is 10.5. The minimum absolute atomic E-state index is 0.00316. The van der Waals surface area contributed by atoms with Gasteiger partial charge in [0, 0.05) is 13.0 Å². The summed E-state index contributed by atoms with van der Waals surface area (Å²) in [6, 6.07) is 3.40. The third-order valence-corrected chi connectivity index (χ3v) is 3.85. The monoisotopic (exact) mass is 275 g/mol. The van der Waals surface area contributed by atoms with Crippen LogP contribution in [0.25, 0.3) is 0 Å². The lowest BCUT2D eigenvalue weighted by Gasteiger charge is -2.08. The third kappa shape index (κ3) is 3.67. The van der Waals surface area contributed by atoms with Gasteiger partial charge in [-0.2, -0.15) is 0 Å². The molecule has 0 heterocycles. The van der Waals surface area contributed by atoms with E-state index in [0.29, 0.717) is 5.56 Å². The number of hydrogen-bond donors (Lipinski definition) is 3. The summed E-state index contributed by atoms with van der Waals surface area (Å²) in [5.74, 6) is -0.573. The Kier molecular flexibility index (Phi) is 4.62. The van der Waals surface area contributed by atoms with Crippen LogP contribution >= 0.6 is 0 Å². The molecule has 1 aromatic rings. The molecule has 0 fully saturated rings. The second-order valence-electron chi connectivity index (χ2n) is 3.65. The van der Waals surface area contributed by atoms with Gasteiger partial charge in [0.25, 0.3) is 0 Å². The van der Waals surface area contributed by atoms with Crippen molar-refractivity contribution in [1.29, 1.82) is 0 Å². The summed E-state index contributed by atoms with van der Waals surface area (Å²) >= 11 is 0. The molecule has 0 aliphatic carbocycles. The Hall–Kier alpha value is -1.67. The molecule has 0 bridgehead atoms. The van der Waals surface area contributed by atoms with Crippen LogP contribution in [0.15, 0.2) is 28.3 Å². The first kappa shape index (κ1) is 14.4. The maximum atomic E-state index is 12.9. The van der Waals surface area contributed by atoms with Crippen molar-refractivity contribution in [1.82, 2.24) is 4.72 Å². The van der Waals surface area contributed by atoms with Gasteiger partial charge in [-0.05, 0) is 30.7 Å². The molecule has 18 heavy (non-hydrogen) atoms. The molecule has 0 amide bonds. The second-order valence-corrected chi connectivity index (χ2v) is 5.38. The molecule has 0 unspecified atom stereocenters. The first-order valence-corrected chi connectivity index (χ1v) is 6.57. The van der Waals surface area contributed by atoms with E-state index in [1.165, 1.54) is 13.0 Å².